The second kappa shape index (κ2) is 2.86. The van der Waals surface area contributed by atoms with E-state index >= 15 is 0 Å². The first kappa shape index (κ1) is 7.73. The molecule has 0 saturated heterocycles. The quantitative estimate of drug-likeness (QED) is 0.757. The largest absolute Gasteiger partial charge is 0.302 e. The Bertz CT molecular complexity index is 283. The first-order valence-corrected chi connectivity index (χ1v) is 4.85. The van der Waals surface area contributed by atoms with Gasteiger partial charge in [0, 0.05) is 17.5 Å². The molecule has 0 unspecified atom stereocenters. The van der Waals surface area contributed by atoms with Crippen molar-refractivity contribution < 1.29 is 4.79 Å². The van der Waals surface area contributed by atoms with E-state index in [0.29, 0.717) is 11.0 Å². The number of carbonyl (C=O) groups is 1. The maximum Gasteiger partial charge on any atom is 0.229 e. The van der Waals surface area contributed by atoms with Crippen molar-refractivity contribution >= 4 is 22.4 Å². The van der Waals surface area contributed by atoms with Gasteiger partial charge in [0.15, 0.2) is 5.13 Å². The van der Waals surface area contributed by atoms with E-state index in [2.05, 4.69) is 17.2 Å². The Kier molecular flexibility index (Phi) is 1.84. The van der Waals surface area contributed by atoms with E-state index in [4.69, 9.17) is 0 Å². The van der Waals surface area contributed by atoms with E-state index in [9.17, 15) is 4.79 Å². The fourth-order valence-corrected chi connectivity index (χ4v) is 1.70. The standard InChI is InChI=1S/C8H10N2OS/c1-5-4-6(5)7(11)10-8-9-2-3-12-8/h2-3,5-6H,4H2,1H3,(H,9,10,11)/t5-,6-/m1/s1. The molecule has 1 heterocycles. The molecule has 1 fully saturated rings. The molecule has 0 aromatic carbocycles. The first-order valence-electron chi connectivity index (χ1n) is 3.97. The van der Waals surface area contributed by atoms with Crippen LogP contribution >= 0.6 is 11.3 Å². The summed E-state index contributed by atoms with van der Waals surface area (Å²) in [6.07, 6.45) is 2.72. The van der Waals surface area contributed by atoms with Crippen molar-refractivity contribution in [2.45, 2.75) is 13.3 Å². The van der Waals surface area contributed by atoms with Gasteiger partial charge in [-0.25, -0.2) is 4.98 Å². The van der Waals surface area contributed by atoms with Crippen molar-refractivity contribution in [3.8, 4) is 0 Å². The lowest BCUT2D eigenvalue weighted by Gasteiger charge is -1.97. The highest BCUT2D eigenvalue weighted by Crippen LogP contribution is 2.38. The summed E-state index contributed by atoms with van der Waals surface area (Å²) in [6.45, 7) is 2.09. The average molecular weight is 182 g/mol. The summed E-state index contributed by atoms with van der Waals surface area (Å²) < 4.78 is 0. The van der Waals surface area contributed by atoms with Crippen molar-refractivity contribution in [1.29, 1.82) is 0 Å². The summed E-state index contributed by atoms with van der Waals surface area (Å²) in [5.74, 6) is 0.913. The Labute approximate surface area is 74.8 Å². The lowest BCUT2D eigenvalue weighted by atomic mass is 10.3. The second-order valence-corrected chi connectivity index (χ2v) is 4.04. The predicted octanol–water partition coefficient (Wildman–Crippen LogP) is 1.74. The number of thiazole rings is 1. The molecule has 0 bridgehead atoms. The van der Waals surface area contributed by atoms with Gasteiger partial charge in [-0.2, -0.15) is 0 Å². The van der Waals surface area contributed by atoms with Crippen LogP contribution < -0.4 is 5.32 Å². The lowest BCUT2D eigenvalue weighted by Crippen LogP contribution is -2.13. The zero-order valence-corrected chi connectivity index (χ0v) is 7.60. The molecular formula is C8H10N2OS. The predicted molar refractivity (Wildman–Crippen MR) is 48.0 cm³/mol. The van der Waals surface area contributed by atoms with Crippen LogP contribution in [0.15, 0.2) is 11.6 Å². The number of anilines is 1. The Balaban J connectivity index is 1.92. The number of nitrogens with one attached hydrogen (secondary N) is 1. The molecule has 1 N–H and O–H groups in total. The lowest BCUT2D eigenvalue weighted by molar-refractivity contribution is -0.117. The van der Waals surface area contributed by atoms with Crippen LogP contribution in [0.3, 0.4) is 0 Å². The molecule has 1 aromatic rings. The minimum absolute atomic E-state index is 0.123. The van der Waals surface area contributed by atoms with Gasteiger partial charge in [-0.05, 0) is 12.3 Å². The molecule has 1 aromatic heterocycles. The van der Waals surface area contributed by atoms with E-state index in [1.54, 1.807) is 6.20 Å². The third-order valence-electron chi connectivity index (χ3n) is 2.11. The summed E-state index contributed by atoms with van der Waals surface area (Å²) in [5, 5.41) is 5.34. The molecule has 1 aliphatic rings. The molecule has 2 atom stereocenters. The van der Waals surface area contributed by atoms with Gasteiger partial charge in [0.25, 0.3) is 0 Å². The molecule has 0 spiro atoms. The molecule has 12 heavy (non-hydrogen) atoms. The molecule has 2 rings (SSSR count). The molecule has 0 radical (unpaired) electrons. The van der Waals surface area contributed by atoms with E-state index < -0.39 is 0 Å². The number of rotatable bonds is 2. The summed E-state index contributed by atoms with van der Waals surface area (Å²) in [5.41, 5.74) is 0. The van der Waals surface area contributed by atoms with Crippen LogP contribution in [0.1, 0.15) is 13.3 Å². The van der Waals surface area contributed by atoms with Crippen LogP contribution in [0.25, 0.3) is 0 Å². The number of amides is 1. The molecule has 64 valence electrons. The molecule has 4 heteroatoms. The van der Waals surface area contributed by atoms with Gasteiger partial charge < -0.3 is 5.32 Å². The van der Waals surface area contributed by atoms with E-state index in [-0.39, 0.29) is 11.8 Å². The molecule has 1 aliphatic carbocycles. The van der Waals surface area contributed by atoms with Crippen LogP contribution in [0.5, 0.6) is 0 Å². The third kappa shape index (κ3) is 1.48. The smallest absolute Gasteiger partial charge is 0.229 e. The van der Waals surface area contributed by atoms with Gasteiger partial charge >= 0.3 is 0 Å². The van der Waals surface area contributed by atoms with E-state index in [1.165, 1.54) is 11.3 Å². The zero-order valence-electron chi connectivity index (χ0n) is 6.78. The Morgan fingerprint density at radius 2 is 2.58 bits per heavy atom. The average Bonchev–Trinajstić information content (AvgIpc) is 2.58. The van der Waals surface area contributed by atoms with E-state index in [0.717, 1.165) is 6.42 Å². The minimum Gasteiger partial charge on any atom is -0.302 e. The fraction of sp³-hybridized carbons (Fsp3) is 0.500. The van der Waals surface area contributed by atoms with Crippen LogP contribution in [-0.2, 0) is 4.79 Å². The highest BCUT2D eigenvalue weighted by atomic mass is 32.1. The van der Waals surface area contributed by atoms with Gasteiger partial charge in [-0.3, -0.25) is 4.79 Å². The monoisotopic (exact) mass is 182 g/mol. The molecular weight excluding hydrogens is 172 g/mol. The summed E-state index contributed by atoms with van der Waals surface area (Å²) in [4.78, 5) is 15.3. The van der Waals surface area contributed by atoms with Crippen LogP contribution in [0, 0.1) is 11.8 Å². The van der Waals surface area contributed by atoms with Gasteiger partial charge in [0.05, 0.1) is 0 Å². The molecule has 3 nitrogen and oxygen atoms in total. The van der Waals surface area contributed by atoms with Gasteiger partial charge in [0.2, 0.25) is 5.91 Å². The van der Waals surface area contributed by atoms with Crippen molar-refractivity contribution in [2.24, 2.45) is 11.8 Å². The number of aromatic nitrogens is 1. The topological polar surface area (TPSA) is 42.0 Å². The SMILES string of the molecule is C[C@@H]1C[C@H]1C(=O)Nc1nccs1. The van der Waals surface area contributed by atoms with Gasteiger partial charge in [0.1, 0.15) is 0 Å². The molecule has 1 saturated carbocycles. The van der Waals surface area contributed by atoms with Crippen LogP contribution in [0.2, 0.25) is 0 Å². The normalized spacial score (nSPS) is 26.8. The van der Waals surface area contributed by atoms with Crippen LogP contribution in [0.4, 0.5) is 5.13 Å². The zero-order chi connectivity index (χ0) is 8.55. The highest BCUT2D eigenvalue weighted by Gasteiger charge is 2.39. The Hall–Kier alpha value is -0.900. The van der Waals surface area contributed by atoms with Crippen LogP contribution in [-0.4, -0.2) is 10.9 Å². The molecule has 1 amide bonds. The number of carbonyl (C=O) groups excluding carboxylic acids is 1. The maximum absolute atomic E-state index is 11.3. The van der Waals surface area contributed by atoms with Gasteiger partial charge in [-0.15, -0.1) is 11.3 Å². The second-order valence-electron chi connectivity index (χ2n) is 3.15. The third-order valence-corrected chi connectivity index (χ3v) is 2.80. The van der Waals surface area contributed by atoms with Gasteiger partial charge in [-0.1, -0.05) is 6.92 Å². The van der Waals surface area contributed by atoms with Crippen molar-refractivity contribution in [3.05, 3.63) is 11.6 Å². The van der Waals surface area contributed by atoms with Crippen molar-refractivity contribution in [1.82, 2.24) is 4.98 Å². The maximum atomic E-state index is 11.3. The minimum atomic E-state index is 0.123. The first-order chi connectivity index (χ1) is 5.77. The highest BCUT2D eigenvalue weighted by molar-refractivity contribution is 7.13. The number of nitrogens with zero attached hydrogens (tertiary/aromatic N) is 1. The van der Waals surface area contributed by atoms with E-state index in [1.807, 2.05) is 5.38 Å². The summed E-state index contributed by atoms with van der Waals surface area (Å²) >= 11 is 1.45. The van der Waals surface area contributed by atoms with Crippen molar-refractivity contribution in [3.63, 3.8) is 0 Å². The number of hydrogen-bond acceptors (Lipinski definition) is 3. The molecule has 0 aliphatic heterocycles. The summed E-state index contributed by atoms with van der Waals surface area (Å²) in [7, 11) is 0. The number of hydrogen-bond donors (Lipinski definition) is 1. The summed E-state index contributed by atoms with van der Waals surface area (Å²) in [6, 6.07) is 0. The fourth-order valence-electron chi connectivity index (χ4n) is 1.17. The Morgan fingerprint density at radius 3 is 3.08 bits per heavy atom. The Morgan fingerprint density at radius 1 is 1.83 bits per heavy atom. The van der Waals surface area contributed by atoms with Crippen molar-refractivity contribution in [2.75, 3.05) is 5.32 Å².